The van der Waals surface area contributed by atoms with Crippen molar-refractivity contribution in [3.05, 3.63) is 0 Å². The summed E-state index contributed by atoms with van der Waals surface area (Å²) in [5.41, 5.74) is 0. The molecule has 3 unspecified atom stereocenters. The van der Waals surface area contributed by atoms with Gasteiger partial charge in [-0.05, 0) is 68.7 Å². The summed E-state index contributed by atoms with van der Waals surface area (Å²) in [7, 11) is 0. The van der Waals surface area contributed by atoms with Gasteiger partial charge < -0.3 is 10.1 Å². The van der Waals surface area contributed by atoms with Gasteiger partial charge in [-0.25, -0.2) is 0 Å². The van der Waals surface area contributed by atoms with E-state index in [0.29, 0.717) is 0 Å². The lowest BCUT2D eigenvalue weighted by atomic mass is 9.66. The number of hydrogen-bond acceptors (Lipinski definition) is 2. The zero-order valence-electron chi connectivity index (χ0n) is 13.3. The molecular formula is C18H33NO. The molecular weight excluding hydrogens is 246 g/mol. The molecule has 0 aromatic carbocycles. The molecule has 2 aliphatic carbocycles. The Bertz CT molecular complexity index is 283. The molecule has 3 fully saturated rings. The van der Waals surface area contributed by atoms with Gasteiger partial charge in [-0.2, -0.15) is 0 Å². The van der Waals surface area contributed by atoms with Crippen LogP contribution in [0.5, 0.6) is 0 Å². The quantitative estimate of drug-likeness (QED) is 0.793. The lowest BCUT2D eigenvalue weighted by Gasteiger charge is -2.42. The number of hydrogen-bond donors (Lipinski definition) is 1. The number of nitrogens with one attached hydrogen (secondary N) is 1. The van der Waals surface area contributed by atoms with Crippen LogP contribution < -0.4 is 5.32 Å². The minimum absolute atomic E-state index is 0.874. The highest BCUT2D eigenvalue weighted by atomic mass is 16.5. The smallest absolute Gasteiger partial charge is 0.0468 e. The normalized spacial score (nSPS) is 36.1. The lowest BCUT2D eigenvalue weighted by Crippen LogP contribution is -2.39. The zero-order chi connectivity index (χ0) is 13.8. The van der Waals surface area contributed by atoms with Crippen molar-refractivity contribution >= 4 is 0 Å². The van der Waals surface area contributed by atoms with Crippen LogP contribution in [0.1, 0.15) is 64.7 Å². The van der Waals surface area contributed by atoms with Crippen molar-refractivity contribution in [2.24, 2.45) is 23.7 Å². The topological polar surface area (TPSA) is 21.3 Å². The SMILES string of the molecule is CCCC1CCC(CNC2CC2)C(C2CCOCC2)C1. The first-order chi connectivity index (χ1) is 9.86. The maximum absolute atomic E-state index is 5.59. The van der Waals surface area contributed by atoms with Crippen LogP contribution in [0.15, 0.2) is 0 Å². The van der Waals surface area contributed by atoms with Gasteiger partial charge in [0.2, 0.25) is 0 Å². The molecule has 3 rings (SSSR count). The molecule has 1 saturated heterocycles. The molecule has 2 heteroatoms. The molecule has 2 nitrogen and oxygen atoms in total. The predicted octanol–water partition coefficient (Wildman–Crippen LogP) is 4.00. The first-order valence-corrected chi connectivity index (χ1v) is 9.18. The second-order valence-electron chi connectivity index (χ2n) is 7.52. The molecule has 116 valence electrons. The Balaban J connectivity index is 1.57. The van der Waals surface area contributed by atoms with Gasteiger partial charge in [-0.15, -0.1) is 0 Å². The van der Waals surface area contributed by atoms with Crippen molar-refractivity contribution < 1.29 is 4.74 Å². The highest BCUT2D eigenvalue weighted by Gasteiger charge is 2.36. The molecule has 0 aromatic rings. The Morgan fingerprint density at radius 2 is 1.80 bits per heavy atom. The Kier molecular flexibility index (Phi) is 5.39. The summed E-state index contributed by atoms with van der Waals surface area (Å²) < 4.78 is 5.59. The molecule has 20 heavy (non-hydrogen) atoms. The molecule has 2 saturated carbocycles. The Morgan fingerprint density at radius 1 is 1.00 bits per heavy atom. The van der Waals surface area contributed by atoms with E-state index in [1.54, 1.807) is 0 Å². The van der Waals surface area contributed by atoms with Gasteiger partial charge in [-0.3, -0.25) is 0 Å². The zero-order valence-corrected chi connectivity index (χ0v) is 13.3. The molecule has 0 aromatic heterocycles. The molecule has 3 atom stereocenters. The number of rotatable bonds is 6. The van der Waals surface area contributed by atoms with Crippen molar-refractivity contribution in [3.8, 4) is 0 Å². The van der Waals surface area contributed by atoms with Crippen LogP contribution in [0, 0.1) is 23.7 Å². The van der Waals surface area contributed by atoms with E-state index < -0.39 is 0 Å². The third-order valence-electron chi connectivity index (χ3n) is 5.97. The summed E-state index contributed by atoms with van der Waals surface area (Å²) in [5.74, 6) is 3.90. The molecule has 1 heterocycles. The van der Waals surface area contributed by atoms with Crippen molar-refractivity contribution in [2.75, 3.05) is 19.8 Å². The van der Waals surface area contributed by atoms with E-state index in [4.69, 9.17) is 4.74 Å². The minimum Gasteiger partial charge on any atom is -0.381 e. The Hall–Kier alpha value is -0.0800. The van der Waals surface area contributed by atoms with Crippen LogP contribution in [-0.4, -0.2) is 25.8 Å². The molecule has 0 amide bonds. The fraction of sp³-hybridized carbons (Fsp3) is 1.00. The third kappa shape index (κ3) is 3.98. The van der Waals surface area contributed by atoms with Crippen molar-refractivity contribution in [1.29, 1.82) is 0 Å². The van der Waals surface area contributed by atoms with E-state index in [9.17, 15) is 0 Å². The predicted molar refractivity (Wildman–Crippen MR) is 83.8 cm³/mol. The summed E-state index contributed by atoms with van der Waals surface area (Å²) in [4.78, 5) is 0. The van der Waals surface area contributed by atoms with Crippen molar-refractivity contribution in [3.63, 3.8) is 0 Å². The van der Waals surface area contributed by atoms with Crippen LogP contribution in [0.4, 0.5) is 0 Å². The second kappa shape index (κ2) is 7.26. The Morgan fingerprint density at radius 3 is 2.50 bits per heavy atom. The summed E-state index contributed by atoms with van der Waals surface area (Å²) in [6.45, 7) is 5.68. The van der Waals surface area contributed by atoms with Crippen LogP contribution in [0.2, 0.25) is 0 Å². The van der Waals surface area contributed by atoms with Gasteiger partial charge in [0.25, 0.3) is 0 Å². The summed E-state index contributed by atoms with van der Waals surface area (Å²) in [5, 5.41) is 3.81. The molecule has 3 aliphatic rings. The maximum atomic E-state index is 5.59. The minimum atomic E-state index is 0.874. The standard InChI is InChI=1S/C18H33NO/c1-2-3-14-4-5-16(13-19-17-6-7-17)18(12-14)15-8-10-20-11-9-15/h14-19H,2-13H2,1H3. The first-order valence-electron chi connectivity index (χ1n) is 9.18. The molecule has 1 N–H and O–H groups in total. The van der Waals surface area contributed by atoms with Crippen LogP contribution in [-0.2, 0) is 4.74 Å². The number of ether oxygens (including phenoxy) is 1. The molecule has 0 spiro atoms. The van der Waals surface area contributed by atoms with Gasteiger partial charge in [-0.1, -0.05) is 26.2 Å². The van der Waals surface area contributed by atoms with Crippen molar-refractivity contribution in [2.45, 2.75) is 70.8 Å². The average Bonchev–Trinajstić information content (AvgIpc) is 3.31. The van der Waals surface area contributed by atoms with E-state index in [0.717, 1.165) is 42.9 Å². The highest BCUT2D eigenvalue weighted by Crippen LogP contribution is 2.43. The monoisotopic (exact) mass is 279 g/mol. The summed E-state index contributed by atoms with van der Waals surface area (Å²) >= 11 is 0. The van der Waals surface area contributed by atoms with Crippen LogP contribution >= 0.6 is 0 Å². The first kappa shape index (κ1) is 14.8. The second-order valence-corrected chi connectivity index (χ2v) is 7.52. The molecule has 0 bridgehead atoms. The third-order valence-corrected chi connectivity index (χ3v) is 5.97. The van der Waals surface area contributed by atoms with E-state index in [-0.39, 0.29) is 0 Å². The van der Waals surface area contributed by atoms with Crippen LogP contribution in [0.25, 0.3) is 0 Å². The highest BCUT2D eigenvalue weighted by molar-refractivity contribution is 4.89. The maximum Gasteiger partial charge on any atom is 0.0468 e. The van der Waals surface area contributed by atoms with Gasteiger partial charge in [0.15, 0.2) is 0 Å². The molecule has 1 aliphatic heterocycles. The van der Waals surface area contributed by atoms with E-state index in [2.05, 4.69) is 12.2 Å². The molecule has 0 radical (unpaired) electrons. The fourth-order valence-corrected chi connectivity index (χ4v) is 4.61. The van der Waals surface area contributed by atoms with E-state index >= 15 is 0 Å². The fourth-order valence-electron chi connectivity index (χ4n) is 4.61. The van der Waals surface area contributed by atoms with Crippen LogP contribution in [0.3, 0.4) is 0 Å². The van der Waals surface area contributed by atoms with Gasteiger partial charge in [0, 0.05) is 19.3 Å². The average molecular weight is 279 g/mol. The summed E-state index contributed by atoms with van der Waals surface area (Å²) in [6.07, 6.45) is 12.8. The van der Waals surface area contributed by atoms with Gasteiger partial charge in [0.05, 0.1) is 0 Å². The van der Waals surface area contributed by atoms with E-state index in [1.807, 2.05) is 0 Å². The Labute approximate surface area is 125 Å². The largest absolute Gasteiger partial charge is 0.381 e. The van der Waals surface area contributed by atoms with Gasteiger partial charge >= 0.3 is 0 Å². The van der Waals surface area contributed by atoms with Gasteiger partial charge in [0.1, 0.15) is 0 Å². The van der Waals surface area contributed by atoms with E-state index in [1.165, 1.54) is 64.3 Å². The summed E-state index contributed by atoms with van der Waals surface area (Å²) in [6, 6.07) is 0.874. The lowest BCUT2D eigenvalue weighted by molar-refractivity contribution is 0.0134. The van der Waals surface area contributed by atoms with Crippen molar-refractivity contribution in [1.82, 2.24) is 5.32 Å².